The van der Waals surface area contributed by atoms with Gasteiger partial charge in [-0.25, -0.2) is 0 Å². The Kier molecular flexibility index (Phi) is 2.36. The van der Waals surface area contributed by atoms with E-state index in [1.54, 1.807) is 11.3 Å². The molecule has 1 aromatic carbocycles. The summed E-state index contributed by atoms with van der Waals surface area (Å²) in [6, 6.07) is 6.00. The van der Waals surface area contributed by atoms with E-state index < -0.39 is 0 Å². The average Bonchev–Trinajstić information content (AvgIpc) is 2.54. The number of nitrogens with two attached hydrogens (primary N) is 1. The summed E-state index contributed by atoms with van der Waals surface area (Å²) < 4.78 is 1.12. The monoisotopic (exact) mass is 220 g/mol. The first-order valence-electron chi connectivity index (χ1n) is 4.08. The van der Waals surface area contributed by atoms with Crippen molar-refractivity contribution in [2.45, 2.75) is 11.3 Å². The van der Waals surface area contributed by atoms with Crippen LogP contribution >= 0.6 is 24.0 Å². The van der Waals surface area contributed by atoms with Gasteiger partial charge in [0.25, 0.3) is 0 Å². The number of hydrogen-bond donors (Lipinski definition) is 2. The fourth-order valence-corrected chi connectivity index (χ4v) is 2.74. The van der Waals surface area contributed by atoms with E-state index in [-0.39, 0.29) is 0 Å². The van der Waals surface area contributed by atoms with E-state index in [1.807, 2.05) is 17.5 Å². The third-order valence-corrected chi connectivity index (χ3v) is 3.60. The molecule has 70 valence electrons. The van der Waals surface area contributed by atoms with Crippen LogP contribution in [-0.4, -0.2) is 0 Å². The van der Waals surface area contributed by atoms with Crippen LogP contribution in [0.2, 0.25) is 0 Å². The van der Waals surface area contributed by atoms with Crippen molar-refractivity contribution >= 4 is 39.7 Å². The van der Waals surface area contributed by atoms with E-state index in [9.17, 15) is 0 Å². The molecule has 2 nitrogen and oxygen atoms in total. The largest absolute Gasteiger partial charge is 0.398 e. The Balaban J connectivity index is 2.74. The minimum atomic E-state index is 0.352. The topological polar surface area (TPSA) is 49.8 Å². The zero-order chi connectivity index (χ0) is 10.1. The van der Waals surface area contributed by atoms with Crippen LogP contribution in [0.3, 0.4) is 0 Å². The number of fused-ring (bicyclic) bond motifs is 1. The number of anilines is 1. The van der Waals surface area contributed by atoms with Crippen molar-refractivity contribution in [2.24, 2.45) is 0 Å². The van der Waals surface area contributed by atoms with Gasteiger partial charge in [-0.05, 0) is 11.6 Å². The van der Waals surface area contributed by atoms with Gasteiger partial charge in [0, 0.05) is 26.0 Å². The molecular formula is C10H8N2S2. The lowest BCUT2D eigenvalue weighted by Crippen LogP contribution is -1.93. The number of hydrogen-bond acceptors (Lipinski definition) is 4. The second kappa shape index (κ2) is 3.52. The van der Waals surface area contributed by atoms with Crippen LogP contribution in [0.1, 0.15) is 5.56 Å². The van der Waals surface area contributed by atoms with Crippen molar-refractivity contribution in [3.63, 3.8) is 0 Å². The smallest absolute Gasteiger partial charge is 0.0670 e. The summed E-state index contributed by atoms with van der Waals surface area (Å²) in [5, 5.41) is 11.6. The Morgan fingerprint density at radius 2 is 2.29 bits per heavy atom. The summed E-state index contributed by atoms with van der Waals surface area (Å²) in [5.74, 6) is 0. The second-order valence-electron chi connectivity index (χ2n) is 2.97. The number of benzene rings is 1. The molecule has 4 heteroatoms. The van der Waals surface area contributed by atoms with Crippen LogP contribution in [0, 0.1) is 11.3 Å². The predicted octanol–water partition coefficient (Wildman–Crippen LogP) is 2.84. The Morgan fingerprint density at radius 1 is 1.50 bits per heavy atom. The lowest BCUT2D eigenvalue weighted by Gasteiger charge is -2.03. The van der Waals surface area contributed by atoms with Crippen LogP contribution in [0.15, 0.2) is 22.4 Å². The first kappa shape index (κ1) is 9.38. The second-order valence-corrected chi connectivity index (χ2v) is 4.36. The highest BCUT2D eigenvalue weighted by atomic mass is 32.1. The van der Waals surface area contributed by atoms with Gasteiger partial charge in [-0.1, -0.05) is 6.07 Å². The lowest BCUT2D eigenvalue weighted by atomic mass is 10.1. The number of rotatable bonds is 1. The van der Waals surface area contributed by atoms with Gasteiger partial charge in [0.1, 0.15) is 0 Å². The molecule has 2 N–H and O–H groups in total. The van der Waals surface area contributed by atoms with Gasteiger partial charge in [-0.2, -0.15) is 5.26 Å². The summed E-state index contributed by atoms with van der Waals surface area (Å²) in [5.41, 5.74) is 7.53. The summed E-state index contributed by atoms with van der Waals surface area (Å²) >= 11 is 5.95. The van der Waals surface area contributed by atoms with Crippen molar-refractivity contribution in [3.8, 4) is 6.07 Å². The van der Waals surface area contributed by atoms with E-state index in [4.69, 9.17) is 11.0 Å². The van der Waals surface area contributed by atoms with Crippen molar-refractivity contribution in [1.82, 2.24) is 0 Å². The van der Waals surface area contributed by atoms with Crippen molar-refractivity contribution in [1.29, 1.82) is 5.26 Å². The van der Waals surface area contributed by atoms with Crippen molar-refractivity contribution in [2.75, 3.05) is 5.73 Å². The quantitative estimate of drug-likeness (QED) is 0.573. The Morgan fingerprint density at radius 3 is 3.00 bits per heavy atom. The third-order valence-electron chi connectivity index (χ3n) is 2.12. The predicted molar refractivity (Wildman–Crippen MR) is 62.8 cm³/mol. The molecule has 0 fully saturated rings. The summed E-state index contributed by atoms with van der Waals surface area (Å²) in [6.07, 6.45) is 0.352. The molecule has 0 amide bonds. The standard InChI is InChI=1S/C10H8N2S2/c11-4-3-6-1-2-8-9(10(6)12)7(13)5-14-8/h1-2,5,13H,3,12H2. The van der Waals surface area contributed by atoms with Crippen LogP contribution < -0.4 is 5.73 Å². The molecule has 0 aliphatic heterocycles. The molecule has 0 unspecified atom stereocenters. The van der Waals surface area contributed by atoms with E-state index in [0.717, 1.165) is 20.5 Å². The molecule has 0 saturated heterocycles. The van der Waals surface area contributed by atoms with Gasteiger partial charge in [0.2, 0.25) is 0 Å². The number of thiol groups is 1. The number of nitrogen functional groups attached to an aromatic ring is 1. The summed E-state index contributed by atoms with van der Waals surface area (Å²) in [4.78, 5) is 0.891. The molecule has 0 aliphatic carbocycles. The van der Waals surface area contributed by atoms with Crippen LogP contribution in [0.4, 0.5) is 5.69 Å². The number of thiophene rings is 1. The maximum atomic E-state index is 8.61. The fraction of sp³-hybridized carbons (Fsp3) is 0.100. The Bertz CT molecular complexity index is 523. The van der Waals surface area contributed by atoms with E-state index in [0.29, 0.717) is 12.1 Å². The van der Waals surface area contributed by atoms with Gasteiger partial charge in [0.15, 0.2) is 0 Å². The molecule has 0 spiro atoms. The molecule has 14 heavy (non-hydrogen) atoms. The average molecular weight is 220 g/mol. The van der Waals surface area contributed by atoms with E-state index in [2.05, 4.69) is 18.7 Å². The van der Waals surface area contributed by atoms with Crippen molar-refractivity contribution < 1.29 is 0 Å². The molecule has 1 aromatic heterocycles. The molecule has 2 rings (SSSR count). The zero-order valence-electron chi connectivity index (χ0n) is 7.32. The maximum absolute atomic E-state index is 8.61. The zero-order valence-corrected chi connectivity index (χ0v) is 9.03. The fourth-order valence-electron chi connectivity index (χ4n) is 1.42. The molecular weight excluding hydrogens is 212 g/mol. The van der Waals surface area contributed by atoms with E-state index in [1.165, 1.54) is 0 Å². The van der Waals surface area contributed by atoms with Crippen LogP contribution in [0.5, 0.6) is 0 Å². The normalized spacial score (nSPS) is 10.3. The summed E-state index contributed by atoms with van der Waals surface area (Å²) in [7, 11) is 0. The molecule has 0 atom stereocenters. The Labute approximate surface area is 91.4 Å². The first-order valence-corrected chi connectivity index (χ1v) is 5.41. The van der Waals surface area contributed by atoms with Crippen LogP contribution in [0.25, 0.3) is 10.1 Å². The lowest BCUT2D eigenvalue weighted by molar-refractivity contribution is 1.27. The Hall–Kier alpha value is -1.18. The molecule has 0 aliphatic rings. The van der Waals surface area contributed by atoms with Gasteiger partial charge < -0.3 is 5.73 Å². The maximum Gasteiger partial charge on any atom is 0.0670 e. The van der Waals surface area contributed by atoms with E-state index >= 15 is 0 Å². The molecule has 2 aromatic rings. The third kappa shape index (κ3) is 1.35. The highest BCUT2D eigenvalue weighted by Gasteiger charge is 2.08. The van der Waals surface area contributed by atoms with Gasteiger partial charge >= 0.3 is 0 Å². The molecule has 0 saturated carbocycles. The van der Waals surface area contributed by atoms with Gasteiger partial charge in [-0.3, -0.25) is 0 Å². The number of nitrogens with zero attached hydrogens (tertiary/aromatic N) is 1. The molecule has 0 radical (unpaired) electrons. The van der Waals surface area contributed by atoms with Crippen molar-refractivity contribution in [3.05, 3.63) is 23.1 Å². The minimum Gasteiger partial charge on any atom is -0.398 e. The van der Waals surface area contributed by atoms with Gasteiger partial charge in [-0.15, -0.1) is 24.0 Å². The molecule has 1 heterocycles. The van der Waals surface area contributed by atoms with Crippen LogP contribution in [-0.2, 0) is 6.42 Å². The first-order chi connectivity index (χ1) is 6.74. The number of nitriles is 1. The van der Waals surface area contributed by atoms with Gasteiger partial charge in [0.05, 0.1) is 12.5 Å². The molecule has 0 bridgehead atoms. The minimum absolute atomic E-state index is 0.352. The highest BCUT2D eigenvalue weighted by Crippen LogP contribution is 2.34. The SMILES string of the molecule is N#CCc1ccc2scc(S)c2c1N. The highest BCUT2D eigenvalue weighted by molar-refractivity contribution is 7.80. The summed E-state index contributed by atoms with van der Waals surface area (Å²) in [6.45, 7) is 0.